The van der Waals surface area contributed by atoms with Crippen LogP contribution in [0.5, 0.6) is 11.5 Å². The van der Waals surface area contributed by atoms with E-state index in [-0.39, 0.29) is 22.9 Å². The maximum absolute atomic E-state index is 14.7. The Morgan fingerprint density at radius 3 is 2.37 bits per heavy atom. The second kappa shape index (κ2) is 11.3. The van der Waals surface area contributed by atoms with Gasteiger partial charge in [-0.05, 0) is 48.9 Å². The second-order valence-corrected chi connectivity index (χ2v) is 10.1. The summed E-state index contributed by atoms with van der Waals surface area (Å²) in [5.74, 6) is -0.0340. The number of halogens is 1. The van der Waals surface area contributed by atoms with E-state index in [1.54, 1.807) is 6.20 Å². The summed E-state index contributed by atoms with van der Waals surface area (Å²) >= 11 is 0. The van der Waals surface area contributed by atoms with Crippen LogP contribution in [-0.4, -0.2) is 44.6 Å². The molecule has 0 fully saturated rings. The number of hydrogen-bond donors (Lipinski definition) is 1. The van der Waals surface area contributed by atoms with Gasteiger partial charge in [-0.1, -0.05) is 24.3 Å². The molecule has 1 aromatic heterocycles. The summed E-state index contributed by atoms with van der Waals surface area (Å²) in [6, 6.07) is 16.9. The van der Waals surface area contributed by atoms with E-state index in [2.05, 4.69) is 10.3 Å². The van der Waals surface area contributed by atoms with Crippen molar-refractivity contribution in [3.8, 4) is 17.2 Å². The van der Waals surface area contributed by atoms with Gasteiger partial charge >= 0.3 is 0 Å². The summed E-state index contributed by atoms with van der Waals surface area (Å²) in [7, 11) is -1.56. The fourth-order valence-corrected chi connectivity index (χ4v) is 5.31. The van der Waals surface area contributed by atoms with Gasteiger partial charge < -0.3 is 19.4 Å². The van der Waals surface area contributed by atoms with Crippen molar-refractivity contribution < 1.29 is 27.1 Å². The third-order valence-corrected chi connectivity index (χ3v) is 7.64. The van der Waals surface area contributed by atoms with Crippen molar-refractivity contribution in [1.82, 2.24) is 14.9 Å². The molecule has 0 aliphatic heterocycles. The molecule has 0 aliphatic rings. The van der Waals surface area contributed by atoms with Crippen LogP contribution < -0.4 is 19.1 Å². The molecule has 38 heavy (non-hydrogen) atoms. The lowest BCUT2D eigenvalue weighted by molar-refractivity contribution is -0.119. The Morgan fingerprint density at radius 1 is 1.03 bits per heavy atom. The van der Waals surface area contributed by atoms with Crippen molar-refractivity contribution in [2.45, 2.75) is 18.4 Å². The number of carbonyl (C=O) groups excluding carboxylic acids is 1. The van der Waals surface area contributed by atoms with Crippen molar-refractivity contribution >= 4 is 21.6 Å². The minimum absolute atomic E-state index is 0.156. The molecule has 4 aromatic rings. The van der Waals surface area contributed by atoms with Crippen LogP contribution in [0, 0.1) is 12.7 Å². The van der Waals surface area contributed by atoms with Gasteiger partial charge in [-0.15, -0.1) is 0 Å². The molecule has 198 valence electrons. The van der Waals surface area contributed by atoms with Crippen LogP contribution in [-0.2, 0) is 21.4 Å². The van der Waals surface area contributed by atoms with E-state index in [0.717, 1.165) is 27.4 Å². The molecule has 4 rings (SSSR count). The highest BCUT2D eigenvalue weighted by Crippen LogP contribution is 2.32. The lowest BCUT2D eigenvalue weighted by Gasteiger charge is -2.25. The van der Waals surface area contributed by atoms with Crippen molar-refractivity contribution in [3.05, 3.63) is 96.3 Å². The number of anilines is 1. The summed E-state index contributed by atoms with van der Waals surface area (Å²) < 4.78 is 55.0. The van der Waals surface area contributed by atoms with Gasteiger partial charge in [0, 0.05) is 30.7 Å². The van der Waals surface area contributed by atoms with Crippen LogP contribution in [0.25, 0.3) is 5.69 Å². The molecule has 1 heterocycles. The van der Waals surface area contributed by atoms with E-state index in [4.69, 9.17) is 9.47 Å². The van der Waals surface area contributed by atoms with Gasteiger partial charge in [-0.3, -0.25) is 9.10 Å². The van der Waals surface area contributed by atoms with E-state index < -0.39 is 28.3 Å². The number of amides is 1. The Labute approximate surface area is 220 Å². The van der Waals surface area contributed by atoms with Crippen molar-refractivity contribution in [2.75, 3.05) is 25.1 Å². The number of hydrogen-bond acceptors (Lipinski definition) is 6. The van der Waals surface area contributed by atoms with Crippen LogP contribution in [0.1, 0.15) is 11.4 Å². The minimum atomic E-state index is -4.36. The predicted octanol–water partition coefficient (Wildman–Crippen LogP) is 3.85. The molecular weight excluding hydrogens is 511 g/mol. The number of nitrogens with zero attached hydrogens (tertiary/aromatic N) is 3. The van der Waals surface area contributed by atoms with E-state index in [0.29, 0.717) is 5.75 Å². The van der Waals surface area contributed by atoms with Crippen LogP contribution >= 0.6 is 0 Å². The van der Waals surface area contributed by atoms with Gasteiger partial charge in [0.1, 0.15) is 18.2 Å². The molecule has 0 spiro atoms. The van der Waals surface area contributed by atoms with Gasteiger partial charge in [0.05, 0.1) is 24.8 Å². The summed E-state index contributed by atoms with van der Waals surface area (Å²) in [5.41, 5.74) is 1.47. The first-order chi connectivity index (χ1) is 18.2. The number of rotatable bonds is 10. The molecule has 11 heteroatoms. The van der Waals surface area contributed by atoms with E-state index in [1.165, 1.54) is 50.6 Å². The Balaban J connectivity index is 1.55. The number of nitrogens with one attached hydrogen (secondary N) is 1. The summed E-state index contributed by atoms with van der Waals surface area (Å²) in [6.07, 6.45) is 3.56. The van der Waals surface area contributed by atoms with E-state index >= 15 is 0 Å². The number of aryl methyl sites for hydroxylation is 1. The lowest BCUT2D eigenvalue weighted by atomic mass is 10.2. The minimum Gasteiger partial charge on any atom is -0.493 e. The zero-order chi connectivity index (χ0) is 27.3. The number of methoxy groups -OCH3 is 2. The smallest absolute Gasteiger partial charge is 0.265 e. The molecule has 1 N–H and O–H groups in total. The molecule has 0 saturated heterocycles. The molecule has 0 saturated carbocycles. The first kappa shape index (κ1) is 26.7. The third kappa shape index (κ3) is 5.62. The molecule has 1 amide bonds. The fourth-order valence-electron chi connectivity index (χ4n) is 3.87. The maximum Gasteiger partial charge on any atom is 0.265 e. The molecule has 3 aromatic carbocycles. The van der Waals surface area contributed by atoms with Crippen LogP contribution in [0.3, 0.4) is 0 Å². The molecular formula is C27H27FN4O5S. The average molecular weight is 539 g/mol. The summed E-state index contributed by atoms with van der Waals surface area (Å²) in [5, 5.41) is 2.72. The highest BCUT2D eigenvalue weighted by molar-refractivity contribution is 7.92. The summed E-state index contributed by atoms with van der Waals surface area (Å²) in [6.45, 7) is 1.42. The first-order valence-corrected chi connectivity index (χ1v) is 13.0. The average Bonchev–Trinajstić information content (AvgIpc) is 3.36. The first-order valence-electron chi connectivity index (χ1n) is 11.6. The number of benzene rings is 3. The van der Waals surface area contributed by atoms with Gasteiger partial charge in [0.25, 0.3) is 10.0 Å². The second-order valence-electron chi connectivity index (χ2n) is 8.27. The molecule has 0 unspecified atom stereocenters. The fraction of sp³-hybridized carbons (Fsp3) is 0.185. The van der Waals surface area contributed by atoms with E-state index in [1.807, 2.05) is 42.0 Å². The molecule has 9 nitrogen and oxygen atoms in total. The SMILES string of the molecule is COc1ccc(S(=O)(=O)N(CC(=O)NCc2ccc(-n3ccnc3C)cc2)c2ccccc2F)cc1OC. The normalized spacial score (nSPS) is 11.2. The third-order valence-electron chi connectivity index (χ3n) is 5.88. The Bertz CT molecular complexity index is 1540. The number of carbonyl (C=O) groups is 1. The zero-order valence-corrected chi connectivity index (χ0v) is 21.9. The maximum atomic E-state index is 14.7. The van der Waals surface area contributed by atoms with Crippen molar-refractivity contribution in [1.29, 1.82) is 0 Å². The van der Waals surface area contributed by atoms with Crippen molar-refractivity contribution in [2.24, 2.45) is 0 Å². The quantitative estimate of drug-likeness (QED) is 0.329. The van der Waals surface area contributed by atoms with Gasteiger partial charge in [-0.2, -0.15) is 0 Å². The van der Waals surface area contributed by atoms with Crippen LogP contribution in [0.2, 0.25) is 0 Å². The predicted molar refractivity (Wildman–Crippen MR) is 141 cm³/mol. The monoisotopic (exact) mass is 538 g/mol. The molecule has 0 aliphatic carbocycles. The highest BCUT2D eigenvalue weighted by Gasteiger charge is 2.30. The lowest BCUT2D eigenvalue weighted by Crippen LogP contribution is -2.41. The van der Waals surface area contributed by atoms with Crippen LogP contribution in [0.4, 0.5) is 10.1 Å². The number of aromatic nitrogens is 2. The standard InChI is InChI=1S/C27H27FN4O5S/c1-19-29-14-15-31(19)21-10-8-20(9-11-21)17-30-27(33)18-32(24-7-5-4-6-23(24)28)38(34,35)22-12-13-25(36-2)26(16-22)37-3/h4-16H,17-18H2,1-3H3,(H,30,33). The number of imidazole rings is 1. The Hall–Kier alpha value is -4.38. The largest absolute Gasteiger partial charge is 0.493 e. The Morgan fingerprint density at radius 2 is 1.74 bits per heavy atom. The van der Waals surface area contributed by atoms with Gasteiger partial charge in [0.2, 0.25) is 5.91 Å². The molecule has 0 atom stereocenters. The van der Waals surface area contributed by atoms with Gasteiger partial charge in [0.15, 0.2) is 11.5 Å². The molecule has 0 radical (unpaired) electrons. The number of para-hydroxylation sites is 1. The molecule has 0 bridgehead atoms. The zero-order valence-electron chi connectivity index (χ0n) is 21.1. The van der Waals surface area contributed by atoms with Crippen LogP contribution in [0.15, 0.2) is 84.0 Å². The summed E-state index contributed by atoms with van der Waals surface area (Å²) in [4.78, 5) is 16.9. The topological polar surface area (TPSA) is 103 Å². The van der Waals surface area contributed by atoms with E-state index in [9.17, 15) is 17.6 Å². The highest BCUT2D eigenvalue weighted by atomic mass is 32.2. The van der Waals surface area contributed by atoms with Crippen molar-refractivity contribution in [3.63, 3.8) is 0 Å². The number of sulfonamides is 1. The number of ether oxygens (including phenoxy) is 2. The van der Waals surface area contributed by atoms with Gasteiger partial charge in [-0.25, -0.2) is 17.8 Å². The Kier molecular flexibility index (Phi) is 7.96.